The highest BCUT2D eigenvalue weighted by atomic mass is 16.5. The molecule has 1 aromatic rings. The van der Waals surface area contributed by atoms with Gasteiger partial charge >= 0.3 is 5.69 Å². The Kier molecular flexibility index (Phi) is 1.50. The van der Waals surface area contributed by atoms with Gasteiger partial charge in [0.15, 0.2) is 5.72 Å². The third kappa shape index (κ3) is 0.953. The molecule has 0 saturated carbocycles. The van der Waals surface area contributed by atoms with E-state index in [2.05, 4.69) is 15.5 Å². The van der Waals surface area contributed by atoms with Crippen LogP contribution in [0.25, 0.3) is 0 Å². The maximum Gasteiger partial charge on any atom is 0.363 e. The van der Waals surface area contributed by atoms with Gasteiger partial charge in [-0.15, -0.1) is 0 Å². The molecule has 1 aromatic heterocycles. The lowest BCUT2D eigenvalue weighted by molar-refractivity contribution is -0.0594. The Morgan fingerprint density at radius 2 is 2.58 bits per heavy atom. The first-order valence-electron chi connectivity index (χ1n) is 3.87. The van der Waals surface area contributed by atoms with Gasteiger partial charge in [0.1, 0.15) is 0 Å². The van der Waals surface area contributed by atoms with Gasteiger partial charge < -0.3 is 4.74 Å². The monoisotopic (exact) mass is 170 g/mol. The van der Waals surface area contributed by atoms with Crippen molar-refractivity contribution in [2.45, 2.75) is 25.5 Å². The van der Waals surface area contributed by atoms with Crippen LogP contribution in [0.3, 0.4) is 0 Å². The smallest absolute Gasteiger partial charge is 0.354 e. The lowest BCUT2D eigenvalue weighted by Crippen LogP contribution is -2.37. The number of nitrogens with one attached hydrogen (secondary N) is 1. The average molecular weight is 170 g/mol. The Labute approximate surface area is 68.5 Å². The Morgan fingerprint density at radius 1 is 1.75 bits per heavy atom. The average Bonchev–Trinajstić information content (AvgIpc) is 2.59. The Balaban J connectivity index is 2.41. The molecule has 0 spiro atoms. The number of hydrogen-bond donors (Lipinski definition) is 1. The van der Waals surface area contributed by atoms with E-state index in [1.165, 1.54) is 4.68 Å². The molecule has 6 heteroatoms. The van der Waals surface area contributed by atoms with Crippen LogP contribution >= 0.6 is 0 Å². The highest BCUT2D eigenvalue weighted by molar-refractivity contribution is 4.75. The number of nitrogens with zero attached hydrogens (tertiary/aromatic N) is 3. The summed E-state index contributed by atoms with van der Waals surface area (Å²) in [6.07, 6.45) is 1.76. The highest BCUT2D eigenvalue weighted by Crippen LogP contribution is 2.27. The van der Waals surface area contributed by atoms with Crippen LogP contribution in [0.5, 0.6) is 0 Å². The minimum Gasteiger partial charge on any atom is -0.354 e. The van der Waals surface area contributed by atoms with E-state index in [1.807, 2.05) is 6.92 Å². The molecule has 0 radical (unpaired) electrons. The molecule has 6 nitrogen and oxygen atoms in total. The normalized spacial score (nSPS) is 29.4. The molecule has 0 bridgehead atoms. The summed E-state index contributed by atoms with van der Waals surface area (Å²) >= 11 is 0. The molecule has 1 aliphatic rings. The summed E-state index contributed by atoms with van der Waals surface area (Å²) in [6.45, 7) is 2.51. The van der Waals surface area contributed by atoms with Gasteiger partial charge in [-0.05, 0) is 30.2 Å². The summed E-state index contributed by atoms with van der Waals surface area (Å²) in [5.74, 6) is 0. The van der Waals surface area contributed by atoms with Gasteiger partial charge in [-0.25, -0.2) is 9.89 Å². The first-order valence-corrected chi connectivity index (χ1v) is 3.87. The lowest BCUT2D eigenvalue weighted by Gasteiger charge is -2.20. The van der Waals surface area contributed by atoms with Crippen LogP contribution in [0, 0.1) is 0 Å². The fraction of sp³-hybridized carbons (Fsp3) is 0.833. The molecule has 1 N–H and O–H groups in total. The fourth-order valence-electron chi connectivity index (χ4n) is 1.44. The van der Waals surface area contributed by atoms with Crippen molar-refractivity contribution < 1.29 is 4.74 Å². The standard InChI is InChI=1S/C6H10N4O2/c1-6(3-2-4-12-6)10-5(11)7-8-9-10/h2-4H2,1H3,(H,7,9,11). The van der Waals surface area contributed by atoms with Crippen molar-refractivity contribution in [3.05, 3.63) is 10.5 Å². The highest BCUT2D eigenvalue weighted by Gasteiger charge is 2.34. The Morgan fingerprint density at radius 3 is 3.08 bits per heavy atom. The van der Waals surface area contributed by atoms with Crippen LogP contribution < -0.4 is 5.69 Å². The first-order chi connectivity index (χ1) is 5.72. The van der Waals surface area contributed by atoms with Crippen molar-refractivity contribution in [1.29, 1.82) is 0 Å². The van der Waals surface area contributed by atoms with Crippen molar-refractivity contribution >= 4 is 0 Å². The van der Waals surface area contributed by atoms with E-state index in [0.717, 1.165) is 12.8 Å². The second-order valence-electron chi connectivity index (χ2n) is 3.05. The number of rotatable bonds is 1. The molecule has 1 fully saturated rings. The minimum atomic E-state index is -0.593. The third-order valence-corrected chi connectivity index (χ3v) is 2.12. The fourth-order valence-corrected chi connectivity index (χ4v) is 1.44. The summed E-state index contributed by atoms with van der Waals surface area (Å²) in [7, 11) is 0. The quantitative estimate of drug-likeness (QED) is 0.613. The van der Waals surface area contributed by atoms with Gasteiger partial charge in [-0.3, -0.25) is 0 Å². The second kappa shape index (κ2) is 2.41. The van der Waals surface area contributed by atoms with Crippen LogP contribution in [0.15, 0.2) is 4.79 Å². The predicted molar refractivity (Wildman–Crippen MR) is 39.5 cm³/mol. The maximum atomic E-state index is 11.1. The van der Waals surface area contributed by atoms with Crippen molar-refractivity contribution in [1.82, 2.24) is 20.2 Å². The molecule has 0 amide bonds. The van der Waals surface area contributed by atoms with Gasteiger partial charge in [0.2, 0.25) is 0 Å². The molecule has 0 aliphatic carbocycles. The van der Waals surface area contributed by atoms with E-state index in [1.54, 1.807) is 0 Å². The van der Waals surface area contributed by atoms with Crippen molar-refractivity contribution in [3.63, 3.8) is 0 Å². The summed E-state index contributed by atoms with van der Waals surface area (Å²) in [5.41, 5.74) is -0.913. The third-order valence-electron chi connectivity index (χ3n) is 2.12. The molecule has 12 heavy (non-hydrogen) atoms. The summed E-state index contributed by atoms with van der Waals surface area (Å²) in [5, 5.41) is 9.29. The second-order valence-corrected chi connectivity index (χ2v) is 3.05. The molecule has 1 unspecified atom stereocenters. The van der Waals surface area contributed by atoms with E-state index in [9.17, 15) is 4.79 Å². The van der Waals surface area contributed by atoms with Crippen LogP contribution in [0.1, 0.15) is 19.8 Å². The molecule has 2 heterocycles. The summed E-state index contributed by atoms with van der Waals surface area (Å²) < 4.78 is 6.66. The SMILES string of the molecule is CC1(n2nn[nH]c2=O)CCCO1. The number of H-pyrrole nitrogens is 1. The van der Waals surface area contributed by atoms with E-state index in [-0.39, 0.29) is 5.69 Å². The number of hydrogen-bond acceptors (Lipinski definition) is 4. The zero-order valence-electron chi connectivity index (χ0n) is 6.78. The maximum absolute atomic E-state index is 11.1. The summed E-state index contributed by atoms with van der Waals surface area (Å²) in [6, 6.07) is 0. The van der Waals surface area contributed by atoms with Gasteiger partial charge in [-0.1, -0.05) is 0 Å². The summed E-state index contributed by atoms with van der Waals surface area (Å²) in [4.78, 5) is 11.1. The van der Waals surface area contributed by atoms with Gasteiger partial charge in [-0.2, -0.15) is 4.68 Å². The number of aromatic nitrogens is 4. The molecule has 1 aliphatic heterocycles. The Hall–Kier alpha value is -1.17. The first kappa shape index (κ1) is 7.48. The van der Waals surface area contributed by atoms with Gasteiger partial charge in [0.05, 0.1) is 0 Å². The largest absolute Gasteiger partial charge is 0.363 e. The molecular formula is C6H10N4O2. The van der Waals surface area contributed by atoms with Crippen LogP contribution in [-0.4, -0.2) is 26.8 Å². The molecule has 2 rings (SSSR count). The van der Waals surface area contributed by atoms with Crippen LogP contribution in [0.4, 0.5) is 0 Å². The molecule has 0 aromatic carbocycles. The van der Waals surface area contributed by atoms with Gasteiger partial charge in [0.25, 0.3) is 0 Å². The zero-order chi connectivity index (χ0) is 8.60. The lowest BCUT2D eigenvalue weighted by atomic mass is 10.2. The van der Waals surface area contributed by atoms with Crippen LogP contribution in [0.2, 0.25) is 0 Å². The minimum absolute atomic E-state index is 0.320. The number of ether oxygens (including phenoxy) is 1. The number of tetrazole rings is 1. The van der Waals surface area contributed by atoms with Crippen molar-refractivity contribution in [2.75, 3.05) is 6.61 Å². The molecule has 1 atom stereocenters. The van der Waals surface area contributed by atoms with Gasteiger partial charge in [0, 0.05) is 6.61 Å². The predicted octanol–water partition coefficient (Wildman–Crippen LogP) is -0.551. The van der Waals surface area contributed by atoms with E-state index in [4.69, 9.17) is 4.74 Å². The topological polar surface area (TPSA) is 72.8 Å². The van der Waals surface area contributed by atoms with Crippen molar-refractivity contribution in [2.24, 2.45) is 0 Å². The van der Waals surface area contributed by atoms with E-state index >= 15 is 0 Å². The molecule has 66 valence electrons. The zero-order valence-corrected chi connectivity index (χ0v) is 6.78. The van der Waals surface area contributed by atoms with E-state index < -0.39 is 5.72 Å². The number of aromatic amines is 1. The van der Waals surface area contributed by atoms with Crippen LogP contribution in [-0.2, 0) is 10.5 Å². The Bertz CT molecular complexity index is 322. The molecular weight excluding hydrogens is 160 g/mol. The molecule has 1 saturated heterocycles. The van der Waals surface area contributed by atoms with Crippen molar-refractivity contribution in [3.8, 4) is 0 Å². The van der Waals surface area contributed by atoms with E-state index in [0.29, 0.717) is 6.61 Å².